The van der Waals surface area contributed by atoms with Gasteiger partial charge in [-0.15, -0.1) is 11.3 Å². The Hall–Kier alpha value is -1.16. The number of sulfonamides is 1. The summed E-state index contributed by atoms with van der Waals surface area (Å²) in [4.78, 5) is 0.213. The molecule has 1 aromatic heterocycles. The normalized spacial score (nSPS) is 11.1. The van der Waals surface area contributed by atoms with Crippen molar-refractivity contribution in [1.82, 2.24) is 0 Å². The maximum absolute atomic E-state index is 12.3. The molecule has 0 unspecified atom stereocenters. The molecule has 0 aliphatic rings. The summed E-state index contributed by atoms with van der Waals surface area (Å²) in [5, 5.41) is 0. The molecule has 0 atom stereocenters. The summed E-state index contributed by atoms with van der Waals surface area (Å²) >= 11 is 9.24. The molecule has 5 nitrogen and oxygen atoms in total. The van der Waals surface area contributed by atoms with Crippen LogP contribution in [0.25, 0.3) is 0 Å². The number of halogens is 1. The largest absolute Gasteiger partial charge is 0.495 e. The van der Waals surface area contributed by atoms with Gasteiger partial charge in [-0.25, -0.2) is 8.42 Å². The molecule has 0 saturated carbocycles. The summed E-state index contributed by atoms with van der Waals surface area (Å²) in [5.74, 6) is 0.347. The molecular weight excluding hydrogens is 396 g/mol. The van der Waals surface area contributed by atoms with Crippen LogP contribution in [0, 0.1) is 0 Å². The highest BCUT2D eigenvalue weighted by Crippen LogP contribution is 2.31. The van der Waals surface area contributed by atoms with E-state index in [4.69, 9.17) is 22.7 Å². The SMILES string of the molecule is COc1cc(C(N)=S)ccc1NS(=O)(=O)c1ccc(Br)s1. The van der Waals surface area contributed by atoms with Crippen LogP contribution in [0.5, 0.6) is 5.75 Å². The Morgan fingerprint density at radius 2 is 2.10 bits per heavy atom. The number of thiocarbonyl (C=S) groups is 1. The Bertz CT molecular complexity index is 787. The third-order valence-corrected chi connectivity index (χ3v) is 6.26. The van der Waals surface area contributed by atoms with Gasteiger partial charge in [-0.2, -0.15) is 0 Å². The second kappa shape index (κ2) is 6.30. The number of ether oxygens (including phenoxy) is 1. The van der Waals surface area contributed by atoms with Gasteiger partial charge in [0, 0.05) is 5.56 Å². The number of rotatable bonds is 5. The van der Waals surface area contributed by atoms with Crippen LogP contribution < -0.4 is 15.2 Å². The number of benzene rings is 1. The fourth-order valence-corrected chi connectivity index (χ4v) is 4.77. The molecular formula is C12H11BrN2O3S3. The van der Waals surface area contributed by atoms with Gasteiger partial charge in [0.2, 0.25) is 0 Å². The summed E-state index contributed by atoms with van der Waals surface area (Å²) in [6, 6.07) is 7.98. The second-order valence-electron chi connectivity index (χ2n) is 3.94. The van der Waals surface area contributed by atoms with E-state index in [1.807, 2.05) is 0 Å². The minimum Gasteiger partial charge on any atom is -0.495 e. The second-order valence-corrected chi connectivity index (χ2v) is 8.76. The zero-order valence-electron chi connectivity index (χ0n) is 10.8. The van der Waals surface area contributed by atoms with Gasteiger partial charge in [0.25, 0.3) is 10.0 Å². The smallest absolute Gasteiger partial charge is 0.271 e. The maximum atomic E-state index is 12.3. The van der Waals surface area contributed by atoms with Crippen molar-refractivity contribution in [1.29, 1.82) is 0 Å². The lowest BCUT2D eigenvalue weighted by atomic mass is 10.2. The molecule has 0 fully saturated rings. The molecule has 1 aromatic carbocycles. The van der Waals surface area contributed by atoms with E-state index >= 15 is 0 Å². The number of nitrogens with two attached hydrogens (primary N) is 1. The van der Waals surface area contributed by atoms with Gasteiger partial charge < -0.3 is 10.5 Å². The maximum Gasteiger partial charge on any atom is 0.271 e. The number of hydrogen-bond donors (Lipinski definition) is 2. The van der Waals surface area contributed by atoms with Crippen LogP contribution in [0.2, 0.25) is 0 Å². The van der Waals surface area contributed by atoms with Crippen LogP contribution in [0.4, 0.5) is 5.69 Å². The van der Waals surface area contributed by atoms with E-state index in [9.17, 15) is 8.42 Å². The average Bonchev–Trinajstić information content (AvgIpc) is 2.86. The van der Waals surface area contributed by atoms with Gasteiger partial charge in [-0.3, -0.25) is 4.72 Å². The first kappa shape index (κ1) is 16.2. The summed E-state index contributed by atoms with van der Waals surface area (Å²) < 4.78 is 33.1. The van der Waals surface area contributed by atoms with Gasteiger partial charge >= 0.3 is 0 Å². The quantitative estimate of drug-likeness (QED) is 0.745. The predicted molar refractivity (Wildman–Crippen MR) is 91.7 cm³/mol. The lowest BCUT2D eigenvalue weighted by molar-refractivity contribution is 0.417. The van der Waals surface area contributed by atoms with Crippen molar-refractivity contribution in [2.75, 3.05) is 11.8 Å². The number of nitrogens with one attached hydrogen (secondary N) is 1. The lowest BCUT2D eigenvalue weighted by Gasteiger charge is -2.12. The minimum atomic E-state index is -3.66. The first-order valence-electron chi connectivity index (χ1n) is 5.59. The van der Waals surface area contributed by atoms with Crippen molar-refractivity contribution in [3.63, 3.8) is 0 Å². The molecule has 112 valence electrons. The third-order valence-electron chi connectivity index (χ3n) is 2.54. The molecule has 0 amide bonds. The standard InChI is InChI=1S/C12H11BrN2O3S3/c1-18-9-6-7(12(14)19)2-3-8(9)15-21(16,17)11-5-4-10(13)20-11/h2-6,15H,1H3,(H2,14,19). The molecule has 9 heteroatoms. The minimum absolute atomic E-state index is 0.204. The fraction of sp³-hybridized carbons (Fsp3) is 0.0833. The highest BCUT2D eigenvalue weighted by Gasteiger charge is 2.19. The van der Waals surface area contributed by atoms with Gasteiger partial charge in [0.15, 0.2) is 0 Å². The van der Waals surface area contributed by atoms with Gasteiger partial charge in [-0.1, -0.05) is 12.2 Å². The van der Waals surface area contributed by atoms with Crippen LogP contribution >= 0.6 is 39.5 Å². The van der Waals surface area contributed by atoms with Crippen molar-refractivity contribution in [2.45, 2.75) is 4.21 Å². The third kappa shape index (κ3) is 3.73. The molecule has 2 rings (SSSR count). The van der Waals surface area contributed by atoms with Crippen LogP contribution in [0.3, 0.4) is 0 Å². The van der Waals surface area contributed by atoms with Crippen LogP contribution in [-0.2, 0) is 10.0 Å². The molecule has 0 bridgehead atoms. The highest BCUT2D eigenvalue weighted by molar-refractivity contribution is 9.11. The molecule has 3 N–H and O–H groups in total. The van der Waals surface area contributed by atoms with E-state index in [1.54, 1.807) is 24.3 Å². The first-order chi connectivity index (χ1) is 9.83. The Kier molecular flexibility index (Phi) is 4.87. The highest BCUT2D eigenvalue weighted by atomic mass is 79.9. The molecule has 0 saturated heterocycles. The van der Waals surface area contributed by atoms with Crippen molar-refractivity contribution in [3.8, 4) is 5.75 Å². The fourth-order valence-electron chi connectivity index (χ4n) is 1.57. The number of hydrogen-bond acceptors (Lipinski definition) is 5. The Balaban J connectivity index is 2.37. The summed E-state index contributed by atoms with van der Waals surface area (Å²) in [6.07, 6.45) is 0. The molecule has 0 radical (unpaired) electrons. The molecule has 1 heterocycles. The Morgan fingerprint density at radius 1 is 1.38 bits per heavy atom. The molecule has 2 aromatic rings. The van der Waals surface area contributed by atoms with E-state index in [0.717, 1.165) is 15.1 Å². The first-order valence-corrected chi connectivity index (χ1v) is 9.09. The van der Waals surface area contributed by atoms with Gasteiger partial charge in [0.05, 0.1) is 16.6 Å². The molecule has 0 spiro atoms. The van der Waals surface area contributed by atoms with Crippen molar-refractivity contribution >= 4 is 60.2 Å². The summed E-state index contributed by atoms with van der Waals surface area (Å²) in [6.45, 7) is 0. The van der Waals surface area contributed by atoms with Crippen LogP contribution in [0.1, 0.15) is 5.56 Å². The number of thiophene rings is 1. The van der Waals surface area contributed by atoms with E-state index in [1.165, 1.54) is 13.2 Å². The molecule has 0 aliphatic heterocycles. The van der Waals surface area contributed by atoms with Crippen LogP contribution in [-0.4, -0.2) is 20.5 Å². The molecule has 0 aliphatic carbocycles. The zero-order chi connectivity index (χ0) is 15.6. The van der Waals surface area contributed by atoms with Crippen LogP contribution in [0.15, 0.2) is 38.3 Å². The van der Waals surface area contributed by atoms with Crippen molar-refractivity contribution in [3.05, 3.63) is 39.7 Å². The van der Waals surface area contributed by atoms with Gasteiger partial charge in [0.1, 0.15) is 14.9 Å². The summed E-state index contributed by atoms with van der Waals surface area (Å²) in [5.41, 5.74) is 6.46. The van der Waals surface area contributed by atoms with E-state index in [2.05, 4.69) is 20.7 Å². The average molecular weight is 407 g/mol. The predicted octanol–water partition coefficient (Wildman–Crippen LogP) is 2.95. The number of methoxy groups -OCH3 is 1. The number of anilines is 1. The van der Waals surface area contributed by atoms with E-state index < -0.39 is 10.0 Å². The Morgan fingerprint density at radius 3 is 2.62 bits per heavy atom. The monoisotopic (exact) mass is 406 g/mol. The van der Waals surface area contributed by atoms with Crippen molar-refractivity contribution in [2.24, 2.45) is 5.73 Å². The van der Waals surface area contributed by atoms with E-state index in [-0.39, 0.29) is 9.20 Å². The van der Waals surface area contributed by atoms with Crippen molar-refractivity contribution < 1.29 is 13.2 Å². The molecule has 21 heavy (non-hydrogen) atoms. The van der Waals surface area contributed by atoms with Gasteiger partial charge in [-0.05, 0) is 46.3 Å². The zero-order valence-corrected chi connectivity index (χ0v) is 14.8. The lowest BCUT2D eigenvalue weighted by Crippen LogP contribution is -2.13. The van der Waals surface area contributed by atoms with E-state index in [0.29, 0.717) is 17.0 Å². The topological polar surface area (TPSA) is 81.4 Å². The summed E-state index contributed by atoms with van der Waals surface area (Å²) in [7, 11) is -2.22. The Labute approximate surface area is 140 Å².